The molecule has 2 aromatic rings. The molecular weight excluding hydrogens is 430 g/mol. The Morgan fingerprint density at radius 3 is 1.89 bits per heavy atom. The number of anilines is 2. The van der Waals surface area contributed by atoms with Crippen LogP contribution in [0.2, 0.25) is 0 Å². The van der Waals surface area contributed by atoms with Gasteiger partial charge in [0.1, 0.15) is 0 Å². The molecule has 1 aromatic heterocycles. The van der Waals surface area contributed by atoms with E-state index in [1.165, 1.54) is 17.1 Å². The molecule has 0 bridgehead atoms. The lowest BCUT2D eigenvalue weighted by atomic mass is 10.3. The summed E-state index contributed by atoms with van der Waals surface area (Å²) < 4.78 is 27.9. The standard InChI is InChI=1S/C18H22BrN5O2S/c19-15-5-1-2-6-16(15)27(25,26)24-13-11-23(12-14-24)18-8-7-17(20-21-18)22-9-3-4-10-22/h1-2,5-8H,3-4,9-14H2. The summed E-state index contributed by atoms with van der Waals surface area (Å²) in [5, 5.41) is 8.72. The Bertz CT molecular complexity index is 892. The predicted molar refractivity (Wildman–Crippen MR) is 109 cm³/mol. The minimum Gasteiger partial charge on any atom is -0.355 e. The number of benzene rings is 1. The summed E-state index contributed by atoms with van der Waals surface area (Å²) in [7, 11) is -3.50. The molecule has 0 N–H and O–H groups in total. The van der Waals surface area contributed by atoms with Crippen LogP contribution in [-0.2, 0) is 10.0 Å². The maximum atomic E-state index is 12.9. The summed E-state index contributed by atoms with van der Waals surface area (Å²) in [4.78, 5) is 4.65. The van der Waals surface area contributed by atoms with Gasteiger partial charge in [0.2, 0.25) is 10.0 Å². The zero-order chi connectivity index (χ0) is 18.9. The first kappa shape index (κ1) is 18.6. The fraction of sp³-hybridized carbons (Fsp3) is 0.444. The van der Waals surface area contributed by atoms with Gasteiger partial charge in [-0.05, 0) is 53.0 Å². The Kier molecular flexibility index (Phi) is 5.34. The van der Waals surface area contributed by atoms with Gasteiger partial charge in [0, 0.05) is 43.7 Å². The van der Waals surface area contributed by atoms with Crippen LogP contribution in [0.25, 0.3) is 0 Å². The molecule has 2 aliphatic rings. The fourth-order valence-electron chi connectivity index (χ4n) is 3.55. The van der Waals surface area contributed by atoms with Gasteiger partial charge in [-0.2, -0.15) is 4.31 Å². The molecule has 0 saturated carbocycles. The summed E-state index contributed by atoms with van der Waals surface area (Å²) in [6, 6.07) is 10.9. The number of hydrogen-bond donors (Lipinski definition) is 0. The van der Waals surface area contributed by atoms with Crippen LogP contribution in [-0.4, -0.2) is 62.2 Å². The zero-order valence-electron chi connectivity index (χ0n) is 15.0. The second-order valence-corrected chi connectivity index (χ2v) is 9.53. The van der Waals surface area contributed by atoms with Gasteiger partial charge < -0.3 is 9.80 Å². The SMILES string of the molecule is O=S(=O)(c1ccccc1Br)N1CCN(c2ccc(N3CCCC3)nn2)CC1. The molecule has 2 saturated heterocycles. The second kappa shape index (κ2) is 7.73. The molecule has 1 aromatic carbocycles. The maximum Gasteiger partial charge on any atom is 0.244 e. The van der Waals surface area contributed by atoms with Crippen molar-refractivity contribution in [2.45, 2.75) is 17.7 Å². The van der Waals surface area contributed by atoms with Crippen molar-refractivity contribution in [2.75, 3.05) is 49.1 Å². The number of halogens is 1. The van der Waals surface area contributed by atoms with E-state index in [0.29, 0.717) is 35.5 Å². The summed E-state index contributed by atoms with van der Waals surface area (Å²) in [5.41, 5.74) is 0. The molecule has 9 heteroatoms. The molecule has 2 aliphatic heterocycles. The average molecular weight is 452 g/mol. The van der Waals surface area contributed by atoms with Crippen LogP contribution < -0.4 is 9.80 Å². The molecular formula is C18H22BrN5O2S. The molecule has 7 nitrogen and oxygen atoms in total. The van der Waals surface area contributed by atoms with Gasteiger partial charge >= 0.3 is 0 Å². The van der Waals surface area contributed by atoms with Crippen LogP contribution in [0.1, 0.15) is 12.8 Å². The molecule has 0 aliphatic carbocycles. The Morgan fingerprint density at radius 2 is 1.33 bits per heavy atom. The van der Waals surface area contributed by atoms with Gasteiger partial charge in [0.05, 0.1) is 4.90 Å². The largest absolute Gasteiger partial charge is 0.355 e. The Hall–Kier alpha value is -1.71. The lowest BCUT2D eigenvalue weighted by Gasteiger charge is -2.34. The van der Waals surface area contributed by atoms with Crippen molar-refractivity contribution >= 4 is 37.6 Å². The molecule has 0 spiro atoms. The van der Waals surface area contributed by atoms with E-state index in [0.717, 1.165) is 24.7 Å². The highest BCUT2D eigenvalue weighted by molar-refractivity contribution is 9.10. The first-order valence-electron chi connectivity index (χ1n) is 9.14. The van der Waals surface area contributed by atoms with E-state index in [1.54, 1.807) is 18.2 Å². The molecule has 0 radical (unpaired) electrons. The molecule has 27 heavy (non-hydrogen) atoms. The van der Waals surface area contributed by atoms with Gasteiger partial charge in [-0.25, -0.2) is 8.42 Å². The van der Waals surface area contributed by atoms with Gasteiger partial charge in [0.15, 0.2) is 11.6 Å². The third kappa shape index (κ3) is 3.81. The zero-order valence-corrected chi connectivity index (χ0v) is 17.4. The van der Waals surface area contributed by atoms with E-state index in [-0.39, 0.29) is 0 Å². The van der Waals surface area contributed by atoms with Crippen LogP contribution in [0.3, 0.4) is 0 Å². The minimum atomic E-state index is -3.50. The van der Waals surface area contributed by atoms with Gasteiger partial charge in [-0.3, -0.25) is 0 Å². The number of piperazine rings is 1. The van der Waals surface area contributed by atoms with E-state index in [1.807, 2.05) is 18.2 Å². The number of sulfonamides is 1. The number of hydrogen-bond acceptors (Lipinski definition) is 6. The van der Waals surface area contributed by atoms with Crippen molar-refractivity contribution in [3.8, 4) is 0 Å². The third-order valence-corrected chi connectivity index (χ3v) is 7.99. The number of nitrogens with zero attached hydrogens (tertiary/aromatic N) is 5. The average Bonchev–Trinajstić information content (AvgIpc) is 3.23. The molecule has 3 heterocycles. The molecule has 4 rings (SSSR count). The highest BCUT2D eigenvalue weighted by atomic mass is 79.9. The molecule has 144 valence electrons. The number of rotatable bonds is 4. The fourth-order valence-corrected chi connectivity index (χ4v) is 5.94. The summed E-state index contributed by atoms with van der Waals surface area (Å²) in [5.74, 6) is 1.72. The highest BCUT2D eigenvalue weighted by Gasteiger charge is 2.30. The maximum absolute atomic E-state index is 12.9. The van der Waals surface area contributed by atoms with Gasteiger partial charge in [-0.15, -0.1) is 10.2 Å². The predicted octanol–water partition coefficient (Wildman–Crippen LogP) is 2.35. The summed E-state index contributed by atoms with van der Waals surface area (Å²) in [6.07, 6.45) is 2.41. The number of aromatic nitrogens is 2. The van der Waals surface area contributed by atoms with E-state index < -0.39 is 10.0 Å². The van der Waals surface area contributed by atoms with Crippen LogP contribution in [0.5, 0.6) is 0 Å². The molecule has 0 unspecified atom stereocenters. The van der Waals surface area contributed by atoms with E-state index >= 15 is 0 Å². The van der Waals surface area contributed by atoms with Gasteiger partial charge in [-0.1, -0.05) is 12.1 Å². The van der Waals surface area contributed by atoms with Crippen molar-refractivity contribution in [3.05, 3.63) is 40.9 Å². The Morgan fingerprint density at radius 1 is 0.778 bits per heavy atom. The van der Waals surface area contributed by atoms with E-state index in [4.69, 9.17) is 0 Å². The van der Waals surface area contributed by atoms with E-state index in [2.05, 4.69) is 35.9 Å². The normalized spacial score (nSPS) is 18.9. The topological polar surface area (TPSA) is 69.6 Å². The molecule has 0 amide bonds. The van der Waals surface area contributed by atoms with Crippen molar-refractivity contribution < 1.29 is 8.42 Å². The van der Waals surface area contributed by atoms with E-state index in [9.17, 15) is 8.42 Å². The lowest BCUT2D eigenvalue weighted by Crippen LogP contribution is -2.49. The first-order valence-corrected chi connectivity index (χ1v) is 11.4. The van der Waals surface area contributed by atoms with Crippen molar-refractivity contribution in [1.82, 2.24) is 14.5 Å². The molecule has 2 fully saturated rings. The van der Waals surface area contributed by atoms with Crippen LogP contribution in [0.4, 0.5) is 11.6 Å². The monoisotopic (exact) mass is 451 g/mol. The third-order valence-electron chi connectivity index (χ3n) is 5.08. The smallest absolute Gasteiger partial charge is 0.244 e. The van der Waals surface area contributed by atoms with Crippen LogP contribution in [0.15, 0.2) is 45.8 Å². The minimum absolute atomic E-state index is 0.313. The second-order valence-electron chi connectivity index (χ2n) is 6.77. The highest BCUT2D eigenvalue weighted by Crippen LogP contribution is 2.26. The Balaban J connectivity index is 1.42. The van der Waals surface area contributed by atoms with Crippen LogP contribution >= 0.6 is 15.9 Å². The van der Waals surface area contributed by atoms with Gasteiger partial charge in [0.25, 0.3) is 0 Å². The Labute approximate surface area is 168 Å². The summed E-state index contributed by atoms with van der Waals surface area (Å²) in [6.45, 7) is 4.14. The van der Waals surface area contributed by atoms with Crippen molar-refractivity contribution in [2.24, 2.45) is 0 Å². The lowest BCUT2D eigenvalue weighted by molar-refractivity contribution is 0.383. The van der Waals surface area contributed by atoms with Crippen molar-refractivity contribution in [3.63, 3.8) is 0 Å². The molecule has 0 atom stereocenters. The van der Waals surface area contributed by atoms with Crippen LogP contribution in [0, 0.1) is 0 Å². The quantitative estimate of drug-likeness (QED) is 0.710. The van der Waals surface area contributed by atoms with Crippen molar-refractivity contribution in [1.29, 1.82) is 0 Å². The summed E-state index contributed by atoms with van der Waals surface area (Å²) >= 11 is 3.34. The first-order chi connectivity index (χ1) is 13.1.